The Morgan fingerprint density at radius 3 is 2.40 bits per heavy atom. The summed E-state index contributed by atoms with van der Waals surface area (Å²) in [5.41, 5.74) is 0.711. The molecule has 0 saturated carbocycles. The minimum Gasteiger partial charge on any atom is -0.480 e. The van der Waals surface area contributed by atoms with Gasteiger partial charge in [-0.15, -0.1) is 0 Å². The lowest BCUT2D eigenvalue weighted by Crippen LogP contribution is -2.41. The number of benzene rings is 1. The molecule has 0 spiro atoms. The number of rotatable bonds is 5. The first-order valence-corrected chi connectivity index (χ1v) is 6.25. The number of carbonyl (C=O) groups is 3. The number of carboxylic acid groups (broad SMARTS) is 1. The van der Waals surface area contributed by atoms with Crippen molar-refractivity contribution in [3.63, 3.8) is 0 Å². The van der Waals surface area contributed by atoms with Crippen LogP contribution in [0.25, 0.3) is 0 Å². The van der Waals surface area contributed by atoms with Crippen LogP contribution in [0, 0.1) is 0 Å². The average Bonchev–Trinajstić information content (AvgIpc) is 2.43. The minimum absolute atomic E-state index is 0.212. The van der Waals surface area contributed by atoms with Crippen molar-refractivity contribution in [2.75, 3.05) is 11.9 Å². The molecule has 20 heavy (non-hydrogen) atoms. The molecule has 0 aliphatic rings. The molecule has 108 valence electrons. The smallest absolute Gasteiger partial charge is 0.326 e. The van der Waals surface area contributed by atoms with E-state index >= 15 is 0 Å². The van der Waals surface area contributed by atoms with Gasteiger partial charge in [0.25, 0.3) is 5.91 Å². The summed E-state index contributed by atoms with van der Waals surface area (Å²) in [5, 5.41) is 11.4. The Hall–Kier alpha value is -2.37. The summed E-state index contributed by atoms with van der Waals surface area (Å²) in [4.78, 5) is 35.8. The molecule has 1 aromatic rings. The van der Waals surface area contributed by atoms with E-state index in [0.29, 0.717) is 5.69 Å². The zero-order valence-corrected chi connectivity index (χ0v) is 11.7. The van der Waals surface area contributed by atoms with Crippen molar-refractivity contribution in [1.82, 2.24) is 5.32 Å². The number of carboxylic acids is 1. The second-order valence-electron chi connectivity index (χ2n) is 4.37. The fourth-order valence-electron chi connectivity index (χ4n) is 1.70. The molecule has 1 rings (SSSR count). The van der Waals surface area contributed by atoms with Crippen LogP contribution in [0.3, 0.4) is 0 Å². The molecule has 1 atom stereocenters. The van der Waals surface area contributed by atoms with Crippen LogP contribution in [0.2, 0.25) is 0 Å². The predicted octanol–water partition coefficient (Wildman–Crippen LogP) is 1.26. The van der Waals surface area contributed by atoms with Crippen LogP contribution in [-0.4, -0.2) is 36.0 Å². The van der Waals surface area contributed by atoms with E-state index in [1.807, 2.05) is 0 Å². The molecule has 0 aliphatic heterocycles. The van der Waals surface area contributed by atoms with Gasteiger partial charge in [0.05, 0.1) is 11.3 Å². The largest absolute Gasteiger partial charge is 0.480 e. The van der Waals surface area contributed by atoms with E-state index in [1.54, 1.807) is 38.2 Å². The summed E-state index contributed by atoms with van der Waals surface area (Å²) in [6.07, 6.45) is 0.284. The van der Waals surface area contributed by atoms with Gasteiger partial charge in [-0.2, -0.15) is 0 Å². The van der Waals surface area contributed by atoms with Gasteiger partial charge in [-0.1, -0.05) is 19.1 Å². The summed E-state index contributed by atoms with van der Waals surface area (Å²) < 4.78 is 0. The average molecular weight is 278 g/mol. The van der Waals surface area contributed by atoms with Crippen molar-refractivity contribution < 1.29 is 19.5 Å². The molecule has 2 amide bonds. The molecule has 0 fully saturated rings. The maximum absolute atomic E-state index is 12.2. The Kier molecular flexibility index (Phi) is 5.25. The van der Waals surface area contributed by atoms with E-state index in [9.17, 15) is 14.4 Å². The molecule has 0 aliphatic carbocycles. The molecule has 0 unspecified atom stereocenters. The monoisotopic (exact) mass is 278 g/mol. The number of hydrogen-bond acceptors (Lipinski definition) is 3. The van der Waals surface area contributed by atoms with Crippen molar-refractivity contribution in [1.29, 1.82) is 0 Å². The molecule has 1 aromatic carbocycles. The lowest BCUT2D eigenvalue weighted by molar-refractivity contribution is -0.139. The third kappa shape index (κ3) is 3.57. The number of nitrogens with one attached hydrogen (secondary N) is 1. The fourth-order valence-corrected chi connectivity index (χ4v) is 1.70. The summed E-state index contributed by atoms with van der Waals surface area (Å²) in [7, 11) is 1.56. The standard InChI is InChI=1S/C14H18N2O4/c1-4-11(14(19)20)15-13(18)10-7-5-6-8-12(10)16(3)9(2)17/h5-8,11H,4H2,1-3H3,(H,15,18)(H,19,20)/t11-/m1/s1. The second kappa shape index (κ2) is 6.70. The zero-order valence-electron chi connectivity index (χ0n) is 11.7. The molecule has 2 N–H and O–H groups in total. The molecular weight excluding hydrogens is 260 g/mol. The second-order valence-corrected chi connectivity index (χ2v) is 4.37. The lowest BCUT2D eigenvalue weighted by atomic mass is 10.1. The normalized spacial score (nSPS) is 11.6. The predicted molar refractivity (Wildman–Crippen MR) is 74.7 cm³/mol. The van der Waals surface area contributed by atoms with E-state index in [1.165, 1.54) is 11.8 Å². The van der Waals surface area contributed by atoms with Crippen molar-refractivity contribution in [3.8, 4) is 0 Å². The molecule has 0 saturated heterocycles. The number of aliphatic carboxylic acids is 1. The molecule has 0 aromatic heterocycles. The molecule has 6 nitrogen and oxygen atoms in total. The highest BCUT2D eigenvalue weighted by Gasteiger charge is 2.21. The third-order valence-corrected chi connectivity index (χ3v) is 2.99. The number of amides is 2. The van der Waals surface area contributed by atoms with Crippen molar-refractivity contribution in [2.45, 2.75) is 26.3 Å². The zero-order chi connectivity index (χ0) is 15.3. The Morgan fingerprint density at radius 2 is 1.90 bits per heavy atom. The van der Waals surface area contributed by atoms with Crippen LogP contribution in [0.1, 0.15) is 30.6 Å². The highest BCUT2D eigenvalue weighted by molar-refractivity contribution is 6.05. The Bertz CT molecular complexity index is 528. The van der Waals surface area contributed by atoms with Gasteiger partial charge >= 0.3 is 5.97 Å². The van der Waals surface area contributed by atoms with Crippen LogP contribution in [0.15, 0.2) is 24.3 Å². The maximum Gasteiger partial charge on any atom is 0.326 e. The number of hydrogen-bond donors (Lipinski definition) is 2. The quantitative estimate of drug-likeness (QED) is 0.849. The van der Waals surface area contributed by atoms with E-state index in [-0.39, 0.29) is 17.9 Å². The Labute approximate surface area is 117 Å². The number of para-hydroxylation sites is 1. The van der Waals surface area contributed by atoms with Crippen LogP contribution < -0.4 is 10.2 Å². The first kappa shape index (κ1) is 15.7. The number of anilines is 1. The van der Waals surface area contributed by atoms with E-state index in [0.717, 1.165) is 0 Å². The lowest BCUT2D eigenvalue weighted by Gasteiger charge is -2.20. The first-order valence-electron chi connectivity index (χ1n) is 6.25. The van der Waals surface area contributed by atoms with E-state index in [2.05, 4.69) is 5.32 Å². The van der Waals surface area contributed by atoms with Gasteiger partial charge < -0.3 is 15.3 Å². The van der Waals surface area contributed by atoms with Crippen LogP contribution >= 0.6 is 0 Å². The fraction of sp³-hybridized carbons (Fsp3) is 0.357. The highest BCUT2D eigenvalue weighted by atomic mass is 16.4. The highest BCUT2D eigenvalue weighted by Crippen LogP contribution is 2.19. The van der Waals surface area contributed by atoms with Crippen LogP contribution in [-0.2, 0) is 9.59 Å². The van der Waals surface area contributed by atoms with Gasteiger partial charge in [0.2, 0.25) is 5.91 Å². The van der Waals surface area contributed by atoms with Gasteiger partial charge in [-0.3, -0.25) is 9.59 Å². The van der Waals surface area contributed by atoms with Crippen LogP contribution in [0.4, 0.5) is 5.69 Å². The van der Waals surface area contributed by atoms with Crippen molar-refractivity contribution in [2.24, 2.45) is 0 Å². The van der Waals surface area contributed by atoms with Gasteiger partial charge in [-0.25, -0.2) is 4.79 Å². The molecule has 6 heteroatoms. The minimum atomic E-state index is -1.08. The molecule has 0 radical (unpaired) electrons. The van der Waals surface area contributed by atoms with Gasteiger partial charge in [0.15, 0.2) is 0 Å². The van der Waals surface area contributed by atoms with Gasteiger partial charge in [-0.05, 0) is 18.6 Å². The summed E-state index contributed by atoms with van der Waals surface area (Å²) in [6.45, 7) is 3.06. The SMILES string of the molecule is CC[C@@H](NC(=O)c1ccccc1N(C)C(C)=O)C(=O)O. The third-order valence-electron chi connectivity index (χ3n) is 2.99. The summed E-state index contributed by atoms with van der Waals surface area (Å²) in [6, 6.07) is 5.61. The Morgan fingerprint density at radius 1 is 1.30 bits per heavy atom. The van der Waals surface area contributed by atoms with E-state index < -0.39 is 17.9 Å². The van der Waals surface area contributed by atoms with Crippen LogP contribution in [0.5, 0.6) is 0 Å². The summed E-state index contributed by atoms with van der Waals surface area (Å²) in [5.74, 6) is -1.81. The molecule has 0 bridgehead atoms. The van der Waals surface area contributed by atoms with E-state index in [4.69, 9.17) is 5.11 Å². The number of carbonyl (C=O) groups excluding carboxylic acids is 2. The molecular formula is C14H18N2O4. The number of nitrogens with zero attached hydrogens (tertiary/aromatic N) is 1. The van der Waals surface area contributed by atoms with Crippen molar-refractivity contribution >= 4 is 23.5 Å². The molecule has 0 heterocycles. The van der Waals surface area contributed by atoms with Crippen molar-refractivity contribution in [3.05, 3.63) is 29.8 Å². The maximum atomic E-state index is 12.2. The first-order chi connectivity index (χ1) is 9.38. The topological polar surface area (TPSA) is 86.7 Å². The Balaban J connectivity index is 3.04. The van der Waals surface area contributed by atoms with Gasteiger partial charge in [0, 0.05) is 14.0 Å². The van der Waals surface area contributed by atoms with Gasteiger partial charge in [0.1, 0.15) is 6.04 Å². The summed E-state index contributed by atoms with van der Waals surface area (Å²) >= 11 is 0.